The number of allylic oxidation sites excluding steroid dienone is 2. The van der Waals surface area contributed by atoms with Gasteiger partial charge in [0.1, 0.15) is 0 Å². The first-order valence-electron chi connectivity index (χ1n) is 8.98. The zero-order chi connectivity index (χ0) is 16.5. The molecule has 0 radical (unpaired) electrons. The Bertz CT molecular complexity index is 674. The fourth-order valence-corrected chi connectivity index (χ4v) is 5.58. The molecule has 1 fully saturated rings. The topological polar surface area (TPSA) is 0 Å². The second-order valence-electron chi connectivity index (χ2n) is 8.23. The summed E-state index contributed by atoms with van der Waals surface area (Å²) >= 11 is 0. The van der Waals surface area contributed by atoms with Crippen LogP contribution in [-0.4, -0.2) is 0 Å². The van der Waals surface area contributed by atoms with E-state index in [1.54, 1.807) is 27.8 Å². The van der Waals surface area contributed by atoms with E-state index in [2.05, 4.69) is 62.3 Å². The van der Waals surface area contributed by atoms with Crippen molar-refractivity contribution in [2.75, 3.05) is 0 Å². The monoisotopic (exact) mass is 296 g/mol. The van der Waals surface area contributed by atoms with Crippen molar-refractivity contribution in [2.45, 2.75) is 68.2 Å². The van der Waals surface area contributed by atoms with Crippen molar-refractivity contribution in [1.82, 2.24) is 0 Å². The van der Waals surface area contributed by atoms with Gasteiger partial charge in [0.2, 0.25) is 0 Å². The van der Waals surface area contributed by atoms with Gasteiger partial charge in [-0.1, -0.05) is 26.3 Å². The van der Waals surface area contributed by atoms with Crippen molar-refractivity contribution in [3.63, 3.8) is 0 Å². The highest BCUT2D eigenvalue weighted by molar-refractivity contribution is 5.78. The minimum atomic E-state index is 0.724. The third kappa shape index (κ3) is 1.76. The minimum absolute atomic E-state index is 0.724. The van der Waals surface area contributed by atoms with Gasteiger partial charge in [0, 0.05) is 0 Å². The van der Waals surface area contributed by atoms with Gasteiger partial charge in [-0.05, 0) is 110 Å². The standard InChI is InChI=1S/C22H32/c1-10-11(2)15(6)21-19(13(10)4)17(8)18(9)20-14(5)12(3)16(7)22(20)21/h12,14,16,20,22H,1-9H3. The van der Waals surface area contributed by atoms with Gasteiger partial charge in [0.05, 0.1) is 0 Å². The molecule has 5 unspecified atom stereocenters. The van der Waals surface area contributed by atoms with Crippen LogP contribution in [0.1, 0.15) is 73.9 Å². The van der Waals surface area contributed by atoms with Gasteiger partial charge in [-0.2, -0.15) is 0 Å². The molecule has 2 aliphatic carbocycles. The van der Waals surface area contributed by atoms with Crippen molar-refractivity contribution >= 4 is 5.57 Å². The zero-order valence-corrected chi connectivity index (χ0v) is 15.9. The molecule has 1 saturated carbocycles. The van der Waals surface area contributed by atoms with Gasteiger partial charge in [-0.3, -0.25) is 0 Å². The highest BCUT2D eigenvalue weighted by Crippen LogP contribution is 2.59. The Morgan fingerprint density at radius 3 is 1.64 bits per heavy atom. The molecule has 22 heavy (non-hydrogen) atoms. The van der Waals surface area contributed by atoms with E-state index in [-0.39, 0.29) is 0 Å². The Hall–Kier alpha value is -1.04. The zero-order valence-electron chi connectivity index (χ0n) is 15.9. The Morgan fingerprint density at radius 2 is 1.05 bits per heavy atom. The molecule has 3 rings (SSSR count). The molecular formula is C22H32. The van der Waals surface area contributed by atoms with Gasteiger partial charge in [0.15, 0.2) is 0 Å². The average molecular weight is 296 g/mol. The predicted molar refractivity (Wildman–Crippen MR) is 97.4 cm³/mol. The largest absolute Gasteiger partial charge is 0.0658 e. The highest BCUT2D eigenvalue weighted by Gasteiger charge is 2.49. The van der Waals surface area contributed by atoms with E-state index in [9.17, 15) is 0 Å². The molecular weight excluding hydrogens is 264 g/mol. The Balaban J connectivity index is 2.40. The van der Waals surface area contributed by atoms with Crippen LogP contribution < -0.4 is 0 Å². The summed E-state index contributed by atoms with van der Waals surface area (Å²) in [6.07, 6.45) is 0. The van der Waals surface area contributed by atoms with Crippen LogP contribution in [0.2, 0.25) is 0 Å². The molecule has 0 aromatic heterocycles. The number of fused-ring (bicyclic) bond motifs is 3. The van der Waals surface area contributed by atoms with Crippen LogP contribution in [0.4, 0.5) is 0 Å². The lowest BCUT2D eigenvalue weighted by atomic mass is 9.67. The van der Waals surface area contributed by atoms with Gasteiger partial charge in [-0.15, -0.1) is 0 Å². The second kappa shape index (κ2) is 4.98. The smallest absolute Gasteiger partial charge is 0.00564 e. The van der Waals surface area contributed by atoms with E-state index >= 15 is 0 Å². The summed E-state index contributed by atoms with van der Waals surface area (Å²) in [6.45, 7) is 21.5. The molecule has 0 nitrogen and oxygen atoms in total. The van der Waals surface area contributed by atoms with Crippen molar-refractivity contribution in [2.24, 2.45) is 23.7 Å². The quantitative estimate of drug-likeness (QED) is 0.523. The summed E-state index contributed by atoms with van der Waals surface area (Å²) < 4.78 is 0. The summed E-state index contributed by atoms with van der Waals surface area (Å²) in [5.74, 6) is 3.86. The van der Waals surface area contributed by atoms with Crippen molar-refractivity contribution in [3.05, 3.63) is 39.0 Å². The lowest BCUT2D eigenvalue weighted by Crippen LogP contribution is -2.24. The SMILES string of the molecule is CC1=C(C)C2C(C)C(C)C(C)C2c2c(C)c(C)c(C)c(C)c21. The maximum atomic E-state index is 2.49. The first kappa shape index (κ1) is 15.8. The van der Waals surface area contributed by atoms with E-state index < -0.39 is 0 Å². The number of benzene rings is 1. The molecule has 0 saturated heterocycles. The van der Waals surface area contributed by atoms with E-state index in [1.165, 1.54) is 16.7 Å². The fourth-order valence-electron chi connectivity index (χ4n) is 5.58. The van der Waals surface area contributed by atoms with Crippen LogP contribution in [0.15, 0.2) is 5.57 Å². The predicted octanol–water partition coefficient (Wildman–Crippen LogP) is 6.35. The van der Waals surface area contributed by atoms with Gasteiger partial charge < -0.3 is 0 Å². The van der Waals surface area contributed by atoms with Crippen LogP contribution in [0, 0.1) is 51.4 Å². The van der Waals surface area contributed by atoms with Crippen LogP contribution in [0.3, 0.4) is 0 Å². The number of rotatable bonds is 0. The Kier molecular flexibility index (Phi) is 3.59. The normalized spacial score (nSPS) is 34.0. The molecule has 120 valence electrons. The summed E-state index contributed by atoms with van der Waals surface area (Å²) in [4.78, 5) is 0. The van der Waals surface area contributed by atoms with Gasteiger partial charge in [-0.25, -0.2) is 0 Å². The third-order valence-electron chi connectivity index (χ3n) is 7.71. The van der Waals surface area contributed by atoms with Crippen LogP contribution in [0.25, 0.3) is 5.57 Å². The van der Waals surface area contributed by atoms with Crippen LogP contribution >= 0.6 is 0 Å². The highest BCUT2D eigenvalue weighted by atomic mass is 14.5. The molecule has 0 bridgehead atoms. The van der Waals surface area contributed by atoms with Crippen molar-refractivity contribution in [1.29, 1.82) is 0 Å². The number of hydrogen-bond donors (Lipinski definition) is 0. The van der Waals surface area contributed by atoms with Gasteiger partial charge >= 0.3 is 0 Å². The Labute approximate surface area is 137 Å². The Morgan fingerprint density at radius 1 is 0.545 bits per heavy atom. The van der Waals surface area contributed by atoms with Crippen LogP contribution in [0.5, 0.6) is 0 Å². The average Bonchev–Trinajstić information content (AvgIpc) is 2.71. The second-order valence-corrected chi connectivity index (χ2v) is 8.23. The number of hydrogen-bond acceptors (Lipinski definition) is 0. The molecule has 0 amide bonds. The first-order chi connectivity index (χ1) is 10.2. The molecule has 1 aromatic rings. The van der Waals surface area contributed by atoms with Gasteiger partial charge in [0.25, 0.3) is 0 Å². The van der Waals surface area contributed by atoms with E-state index in [0.29, 0.717) is 0 Å². The van der Waals surface area contributed by atoms with Crippen LogP contribution in [-0.2, 0) is 0 Å². The lowest BCUT2D eigenvalue weighted by Gasteiger charge is -2.38. The maximum Gasteiger partial charge on any atom is -0.00564 e. The third-order valence-corrected chi connectivity index (χ3v) is 7.71. The van der Waals surface area contributed by atoms with E-state index in [0.717, 1.165) is 29.6 Å². The molecule has 0 spiro atoms. The molecule has 0 aliphatic heterocycles. The van der Waals surface area contributed by atoms with Crippen molar-refractivity contribution < 1.29 is 0 Å². The molecule has 0 heterocycles. The summed E-state index contributed by atoms with van der Waals surface area (Å²) in [5.41, 5.74) is 12.6. The molecule has 5 atom stereocenters. The summed E-state index contributed by atoms with van der Waals surface area (Å²) in [5, 5.41) is 0. The van der Waals surface area contributed by atoms with E-state index in [4.69, 9.17) is 0 Å². The minimum Gasteiger partial charge on any atom is -0.0658 e. The first-order valence-corrected chi connectivity index (χ1v) is 8.98. The van der Waals surface area contributed by atoms with Crippen molar-refractivity contribution in [3.8, 4) is 0 Å². The molecule has 2 aliphatic rings. The molecule has 1 aromatic carbocycles. The maximum absolute atomic E-state index is 2.49. The summed E-state index contributed by atoms with van der Waals surface area (Å²) in [6, 6.07) is 0. The summed E-state index contributed by atoms with van der Waals surface area (Å²) in [7, 11) is 0. The lowest BCUT2D eigenvalue weighted by molar-refractivity contribution is 0.358. The van der Waals surface area contributed by atoms with E-state index in [1.807, 2.05) is 0 Å². The molecule has 0 heteroatoms. The molecule has 0 N–H and O–H groups in total. The fraction of sp³-hybridized carbons (Fsp3) is 0.636.